The van der Waals surface area contributed by atoms with Crippen LogP contribution in [-0.2, 0) is 26.2 Å². The average Bonchev–Trinajstić information content (AvgIpc) is 3.09. The van der Waals surface area contributed by atoms with Crippen LogP contribution in [0.2, 0.25) is 0 Å². The first-order chi connectivity index (χ1) is 11.9. The number of rotatable bonds is 5. The van der Waals surface area contributed by atoms with Gasteiger partial charge >= 0.3 is 5.97 Å². The summed E-state index contributed by atoms with van der Waals surface area (Å²) in [7, 11) is -3.20. The molecule has 0 amide bonds. The molecule has 25 heavy (non-hydrogen) atoms. The molecule has 0 radical (unpaired) electrons. The first-order valence-electron chi connectivity index (χ1n) is 8.06. The van der Waals surface area contributed by atoms with Crippen LogP contribution in [0.15, 0.2) is 40.9 Å². The highest BCUT2D eigenvalue weighted by Crippen LogP contribution is 2.22. The predicted molar refractivity (Wildman–Crippen MR) is 90.9 cm³/mol. The van der Waals surface area contributed by atoms with E-state index in [1.54, 1.807) is 6.07 Å². The summed E-state index contributed by atoms with van der Waals surface area (Å²) in [6, 6.07) is 11.3. The zero-order chi connectivity index (χ0) is 17.9. The Hall–Kier alpha value is -2.19. The summed E-state index contributed by atoms with van der Waals surface area (Å²) >= 11 is 0. The Morgan fingerprint density at radius 1 is 1.28 bits per heavy atom. The summed E-state index contributed by atoms with van der Waals surface area (Å²) in [5.74, 6) is 0.0176. The fraction of sp³-hybridized carbons (Fsp3) is 0.412. The van der Waals surface area contributed by atoms with Crippen molar-refractivity contribution in [3.05, 3.63) is 42.1 Å². The van der Waals surface area contributed by atoms with Gasteiger partial charge in [0.2, 0.25) is 10.0 Å². The van der Waals surface area contributed by atoms with E-state index in [-0.39, 0.29) is 18.5 Å². The molecular formula is C17H20N2O5S. The van der Waals surface area contributed by atoms with Crippen LogP contribution in [0.25, 0.3) is 11.3 Å². The van der Waals surface area contributed by atoms with E-state index in [4.69, 9.17) is 9.26 Å². The molecule has 1 aliphatic heterocycles. The molecule has 0 unspecified atom stereocenters. The fourth-order valence-corrected chi connectivity index (χ4v) is 3.68. The lowest BCUT2D eigenvalue weighted by Gasteiger charge is -2.28. The van der Waals surface area contributed by atoms with Crippen molar-refractivity contribution in [2.24, 2.45) is 5.92 Å². The molecule has 0 saturated carbocycles. The number of carbonyl (C=O) groups excluding carboxylic acids is 1. The van der Waals surface area contributed by atoms with E-state index in [1.807, 2.05) is 30.3 Å². The lowest BCUT2D eigenvalue weighted by Crippen LogP contribution is -2.40. The van der Waals surface area contributed by atoms with Crippen LogP contribution in [0, 0.1) is 5.92 Å². The highest BCUT2D eigenvalue weighted by molar-refractivity contribution is 7.88. The molecule has 0 atom stereocenters. The molecule has 0 aliphatic carbocycles. The van der Waals surface area contributed by atoms with Gasteiger partial charge in [-0.05, 0) is 12.8 Å². The Morgan fingerprint density at radius 3 is 2.60 bits per heavy atom. The molecule has 3 rings (SSSR count). The van der Waals surface area contributed by atoms with E-state index in [2.05, 4.69) is 5.16 Å². The molecule has 7 nitrogen and oxygen atoms in total. The second-order valence-electron chi connectivity index (χ2n) is 6.09. The molecule has 2 heterocycles. The first-order valence-corrected chi connectivity index (χ1v) is 9.91. The monoisotopic (exact) mass is 364 g/mol. The van der Waals surface area contributed by atoms with Gasteiger partial charge in [-0.15, -0.1) is 0 Å². The summed E-state index contributed by atoms with van der Waals surface area (Å²) < 4.78 is 34.9. The maximum atomic E-state index is 12.2. The SMILES string of the molecule is CS(=O)(=O)N1CCC(C(=O)OCc2cc(-c3ccccc3)on2)CC1. The van der Waals surface area contributed by atoms with Gasteiger partial charge in [0.15, 0.2) is 5.76 Å². The van der Waals surface area contributed by atoms with Gasteiger partial charge in [0.05, 0.1) is 12.2 Å². The van der Waals surface area contributed by atoms with E-state index in [9.17, 15) is 13.2 Å². The summed E-state index contributed by atoms with van der Waals surface area (Å²) in [4.78, 5) is 12.2. The molecule has 1 saturated heterocycles. The van der Waals surface area contributed by atoms with Crippen molar-refractivity contribution in [1.29, 1.82) is 0 Å². The number of nitrogens with zero attached hydrogens (tertiary/aromatic N) is 2. The van der Waals surface area contributed by atoms with E-state index >= 15 is 0 Å². The third-order valence-electron chi connectivity index (χ3n) is 4.24. The third kappa shape index (κ3) is 4.46. The largest absolute Gasteiger partial charge is 0.459 e. The van der Waals surface area contributed by atoms with E-state index in [1.165, 1.54) is 10.6 Å². The van der Waals surface area contributed by atoms with Crippen LogP contribution < -0.4 is 0 Å². The van der Waals surface area contributed by atoms with Crippen molar-refractivity contribution in [2.75, 3.05) is 19.3 Å². The van der Waals surface area contributed by atoms with Gasteiger partial charge in [-0.1, -0.05) is 35.5 Å². The van der Waals surface area contributed by atoms with E-state index < -0.39 is 10.0 Å². The van der Waals surface area contributed by atoms with Crippen molar-refractivity contribution in [3.8, 4) is 11.3 Å². The van der Waals surface area contributed by atoms with E-state index in [0.717, 1.165) is 5.56 Å². The highest BCUT2D eigenvalue weighted by Gasteiger charge is 2.30. The highest BCUT2D eigenvalue weighted by atomic mass is 32.2. The maximum Gasteiger partial charge on any atom is 0.309 e. The minimum absolute atomic E-state index is 0.0431. The lowest BCUT2D eigenvalue weighted by atomic mass is 9.98. The minimum Gasteiger partial charge on any atom is -0.459 e. The third-order valence-corrected chi connectivity index (χ3v) is 5.54. The smallest absolute Gasteiger partial charge is 0.309 e. The molecule has 1 fully saturated rings. The predicted octanol–water partition coefficient (Wildman–Crippen LogP) is 2.06. The fourth-order valence-electron chi connectivity index (χ4n) is 2.80. The minimum atomic E-state index is -3.20. The van der Waals surface area contributed by atoms with Gasteiger partial charge in [0.25, 0.3) is 0 Å². The number of sulfonamides is 1. The molecular weight excluding hydrogens is 344 g/mol. The normalized spacial score (nSPS) is 16.7. The number of esters is 1. The van der Waals surface area contributed by atoms with Crippen molar-refractivity contribution >= 4 is 16.0 Å². The topological polar surface area (TPSA) is 89.7 Å². The van der Waals surface area contributed by atoms with Crippen molar-refractivity contribution in [3.63, 3.8) is 0 Å². The van der Waals surface area contributed by atoms with E-state index in [0.29, 0.717) is 37.4 Å². The molecule has 0 spiro atoms. The number of hydrogen-bond donors (Lipinski definition) is 0. The van der Waals surface area contributed by atoms with Crippen molar-refractivity contribution < 1.29 is 22.5 Å². The molecule has 134 valence electrons. The van der Waals surface area contributed by atoms with Crippen LogP contribution in [0.4, 0.5) is 0 Å². The van der Waals surface area contributed by atoms with Gasteiger partial charge in [-0.3, -0.25) is 4.79 Å². The standard InChI is InChI=1S/C17H20N2O5S/c1-25(21,22)19-9-7-14(8-10-19)17(20)23-12-15-11-16(24-18-15)13-5-3-2-4-6-13/h2-6,11,14H,7-10,12H2,1H3. The maximum absolute atomic E-state index is 12.2. The summed E-state index contributed by atoms with van der Waals surface area (Å²) in [6.07, 6.45) is 2.13. The van der Waals surface area contributed by atoms with Gasteiger partial charge in [0, 0.05) is 24.7 Å². The number of aromatic nitrogens is 1. The average molecular weight is 364 g/mol. The quantitative estimate of drug-likeness (QED) is 0.755. The van der Waals surface area contributed by atoms with Crippen molar-refractivity contribution in [1.82, 2.24) is 9.46 Å². The number of carbonyl (C=O) groups is 1. The Morgan fingerprint density at radius 2 is 1.96 bits per heavy atom. The Labute approximate surface area is 146 Å². The van der Waals surface area contributed by atoms with Gasteiger partial charge in [0.1, 0.15) is 12.3 Å². The van der Waals surface area contributed by atoms with Gasteiger partial charge in [-0.25, -0.2) is 12.7 Å². The van der Waals surface area contributed by atoms with Crippen LogP contribution >= 0.6 is 0 Å². The Bertz CT molecular complexity index is 824. The molecule has 1 aromatic carbocycles. The second-order valence-corrected chi connectivity index (χ2v) is 8.07. The molecule has 1 aliphatic rings. The molecule has 1 aromatic heterocycles. The second kappa shape index (κ2) is 7.37. The molecule has 0 N–H and O–H groups in total. The molecule has 8 heteroatoms. The zero-order valence-corrected chi connectivity index (χ0v) is 14.7. The first kappa shape index (κ1) is 17.6. The summed E-state index contributed by atoms with van der Waals surface area (Å²) in [6.45, 7) is 0.739. The van der Waals surface area contributed by atoms with Crippen LogP contribution in [0.3, 0.4) is 0 Å². The van der Waals surface area contributed by atoms with Gasteiger partial charge in [-0.2, -0.15) is 0 Å². The number of piperidine rings is 1. The summed E-state index contributed by atoms with van der Waals surface area (Å²) in [5.41, 5.74) is 1.45. The Kier molecular flexibility index (Phi) is 5.19. The number of ether oxygens (including phenoxy) is 1. The van der Waals surface area contributed by atoms with Gasteiger partial charge < -0.3 is 9.26 Å². The molecule has 2 aromatic rings. The lowest BCUT2D eigenvalue weighted by molar-refractivity contribution is -0.151. The van der Waals surface area contributed by atoms with Crippen LogP contribution in [0.5, 0.6) is 0 Å². The summed E-state index contributed by atoms with van der Waals surface area (Å²) in [5, 5.41) is 3.91. The van der Waals surface area contributed by atoms with Crippen molar-refractivity contribution in [2.45, 2.75) is 19.4 Å². The number of hydrogen-bond acceptors (Lipinski definition) is 6. The van der Waals surface area contributed by atoms with Crippen LogP contribution in [0.1, 0.15) is 18.5 Å². The number of benzene rings is 1. The Balaban J connectivity index is 1.51. The van der Waals surface area contributed by atoms with Crippen LogP contribution in [-0.4, -0.2) is 43.2 Å². The zero-order valence-electron chi connectivity index (χ0n) is 13.9. The molecule has 0 bridgehead atoms.